The van der Waals surface area contributed by atoms with Gasteiger partial charge in [-0.05, 0) is 71.1 Å². The van der Waals surface area contributed by atoms with E-state index in [1.807, 2.05) is 12.1 Å². The standard InChI is InChI=1S/C17H23BrClNO/c1-17(2,3)12-6-4-11(5-7-12)16(21)20-13-8-9-14(18)15(19)10-13/h8-12H,4-7H2,1-3H3,(H,20,21). The number of carbonyl (C=O) groups excluding carboxylic acids is 1. The molecule has 0 unspecified atom stereocenters. The van der Waals surface area contributed by atoms with Crippen LogP contribution in [0.15, 0.2) is 22.7 Å². The summed E-state index contributed by atoms with van der Waals surface area (Å²) in [5.41, 5.74) is 1.12. The van der Waals surface area contributed by atoms with Crippen LogP contribution < -0.4 is 5.32 Å². The number of halogens is 2. The molecule has 1 fully saturated rings. The predicted molar refractivity (Wildman–Crippen MR) is 92.7 cm³/mol. The number of nitrogens with one attached hydrogen (secondary N) is 1. The van der Waals surface area contributed by atoms with Crippen molar-refractivity contribution < 1.29 is 4.79 Å². The molecule has 1 aromatic carbocycles. The fourth-order valence-corrected chi connectivity index (χ4v) is 3.47. The first-order valence-electron chi connectivity index (χ1n) is 7.53. The molecule has 2 nitrogen and oxygen atoms in total. The molecule has 1 amide bonds. The molecule has 0 aromatic heterocycles. The van der Waals surface area contributed by atoms with Gasteiger partial charge in [0.2, 0.25) is 5.91 Å². The molecule has 21 heavy (non-hydrogen) atoms. The fraction of sp³-hybridized carbons (Fsp3) is 0.588. The summed E-state index contributed by atoms with van der Waals surface area (Å²) in [6, 6.07) is 5.51. The lowest BCUT2D eigenvalue weighted by Gasteiger charge is -2.36. The summed E-state index contributed by atoms with van der Waals surface area (Å²) in [4.78, 5) is 12.4. The molecule has 1 aliphatic carbocycles. The highest BCUT2D eigenvalue weighted by molar-refractivity contribution is 9.10. The third-order valence-electron chi connectivity index (χ3n) is 4.51. The molecule has 4 heteroatoms. The van der Waals surface area contributed by atoms with Gasteiger partial charge in [0.15, 0.2) is 0 Å². The fourth-order valence-electron chi connectivity index (χ4n) is 3.04. The van der Waals surface area contributed by atoms with Crippen molar-refractivity contribution in [3.63, 3.8) is 0 Å². The Labute approximate surface area is 140 Å². The monoisotopic (exact) mass is 371 g/mol. The van der Waals surface area contributed by atoms with E-state index >= 15 is 0 Å². The van der Waals surface area contributed by atoms with E-state index in [0.29, 0.717) is 10.4 Å². The number of carbonyl (C=O) groups is 1. The number of rotatable bonds is 2. The Bertz CT molecular complexity index is 516. The molecule has 0 heterocycles. The largest absolute Gasteiger partial charge is 0.326 e. The SMILES string of the molecule is CC(C)(C)C1CCC(C(=O)Nc2ccc(Br)c(Cl)c2)CC1. The molecular formula is C17H23BrClNO. The van der Waals surface area contributed by atoms with E-state index in [4.69, 9.17) is 11.6 Å². The van der Waals surface area contributed by atoms with E-state index in [1.54, 1.807) is 6.07 Å². The highest BCUT2D eigenvalue weighted by atomic mass is 79.9. The Hall–Kier alpha value is -0.540. The number of benzene rings is 1. The van der Waals surface area contributed by atoms with Gasteiger partial charge in [0, 0.05) is 16.1 Å². The van der Waals surface area contributed by atoms with E-state index in [-0.39, 0.29) is 11.8 Å². The van der Waals surface area contributed by atoms with Crippen LogP contribution in [-0.4, -0.2) is 5.91 Å². The van der Waals surface area contributed by atoms with Gasteiger partial charge in [0.25, 0.3) is 0 Å². The molecule has 0 saturated heterocycles. The minimum absolute atomic E-state index is 0.126. The zero-order chi connectivity index (χ0) is 15.6. The molecule has 1 N–H and O–H groups in total. The van der Waals surface area contributed by atoms with E-state index in [9.17, 15) is 4.79 Å². The Morgan fingerprint density at radius 3 is 2.38 bits per heavy atom. The maximum absolute atomic E-state index is 12.4. The average Bonchev–Trinajstić information content (AvgIpc) is 2.42. The van der Waals surface area contributed by atoms with Gasteiger partial charge in [0.1, 0.15) is 0 Å². The maximum atomic E-state index is 12.4. The van der Waals surface area contributed by atoms with Gasteiger partial charge in [0.05, 0.1) is 5.02 Å². The zero-order valence-electron chi connectivity index (χ0n) is 12.9. The third-order valence-corrected chi connectivity index (χ3v) is 5.74. The minimum Gasteiger partial charge on any atom is -0.326 e. The third kappa shape index (κ3) is 4.46. The van der Waals surface area contributed by atoms with E-state index in [0.717, 1.165) is 41.8 Å². The molecule has 0 bridgehead atoms. The normalized spacial score (nSPS) is 22.9. The lowest BCUT2D eigenvalue weighted by Crippen LogP contribution is -2.31. The van der Waals surface area contributed by atoms with Crippen molar-refractivity contribution >= 4 is 39.1 Å². The van der Waals surface area contributed by atoms with Crippen molar-refractivity contribution in [2.24, 2.45) is 17.3 Å². The number of anilines is 1. The molecule has 2 rings (SSSR count). The maximum Gasteiger partial charge on any atom is 0.227 e. The van der Waals surface area contributed by atoms with Gasteiger partial charge in [-0.3, -0.25) is 4.79 Å². The molecule has 0 spiro atoms. The van der Waals surface area contributed by atoms with Crippen molar-refractivity contribution in [3.05, 3.63) is 27.7 Å². The Morgan fingerprint density at radius 1 is 1.24 bits per heavy atom. The Kier molecular flexibility index (Phi) is 5.37. The average molecular weight is 373 g/mol. The highest BCUT2D eigenvalue weighted by Crippen LogP contribution is 2.40. The summed E-state index contributed by atoms with van der Waals surface area (Å²) in [5, 5.41) is 3.60. The number of hydrogen-bond donors (Lipinski definition) is 1. The Balaban J connectivity index is 1.92. The molecule has 0 radical (unpaired) electrons. The van der Waals surface area contributed by atoms with E-state index < -0.39 is 0 Å². The second kappa shape index (κ2) is 6.70. The van der Waals surface area contributed by atoms with Crippen LogP contribution in [-0.2, 0) is 4.79 Å². The molecule has 0 aliphatic heterocycles. The lowest BCUT2D eigenvalue weighted by atomic mass is 9.69. The van der Waals surface area contributed by atoms with Gasteiger partial charge in [-0.25, -0.2) is 0 Å². The molecule has 1 aromatic rings. The van der Waals surface area contributed by atoms with Crippen LogP contribution in [0.5, 0.6) is 0 Å². The summed E-state index contributed by atoms with van der Waals surface area (Å²) in [7, 11) is 0. The zero-order valence-corrected chi connectivity index (χ0v) is 15.2. The van der Waals surface area contributed by atoms with Crippen LogP contribution in [0.4, 0.5) is 5.69 Å². The van der Waals surface area contributed by atoms with E-state index in [2.05, 4.69) is 42.0 Å². The summed E-state index contributed by atoms with van der Waals surface area (Å²) in [5.74, 6) is 0.982. The first-order chi connectivity index (χ1) is 9.77. The number of amides is 1. The van der Waals surface area contributed by atoms with Crippen molar-refractivity contribution in [3.8, 4) is 0 Å². The first-order valence-corrected chi connectivity index (χ1v) is 8.70. The van der Waals surface area contributed by atoms with Crippen LogP contribution in [0, 0.1) is 17.3 Å². The lowest BCUT2D eigenvalue weighted by molar-refractivity contribution is -0.121. The van der Waals surface area contributed by atoms with Gasteiger partial charge in [-0.15, -0.1) is 0 Å². The van der Waals surface area contributed by atoms with E-state index in [1.165, 1.54) is 0 Å². The number of hydrogen-bond acceptors (Lipinski definition) is 1. The van der Waals surface area contributed by atoms with Gasteiger partial charge in [-0.2, -0.15) is 0 Å². The van der Waals surface area contributed by atoms with Crippen molar-refractivity contribution in [2.45, 2.75) is 46.5 Å². The predicted octanol–water partition coefficient (Wildman–Crippen LogP) is 5.89. The highest BCUT2D eigenvalue weighted by Gasteiger charge is 2.32. The molecular weight excluding hydrogens is 350 g/mol. The van der Waals surface area contributed by atoms with Crippen LogP contribution in [0.2, 0.25) is 5.02 Å². The summed E-state index contributed by atoms with van der Waals surface area (Å²) < 4.78 is 0.841. The van der Waals surface area contributed by atoms with Crippen LogP contribution >= 0.6 is 27.5 Å². The van der Waals surface area contributed by atoms with Crippen molar-refractivity contribution in [2.75, 3.05) is 5.32 Å². The Morgan fingerprint density at radius 2 is 1.86 bits per heavy atom. The topological polar surface area (TPSA) is 29.1 Å². The van der Waals surface area contributed by atoms with Crippen LogP contribution in [0.3, 0.4) is 0 Å². The smallest absolute Gasteiger partial charge is 0.227 e. The molecule has 1 saturated carbocycles. The first kappa shape index (κ1) is 16.8. The second-order valence-corrected chi connectivity index (χ2v) is 8.29. The molecule has 0 atom stereocenters. The summed E-state index contributed by atoms with van der Waals surface area (Å²) >= 11 is 9.41. The van der Waals surface area contributed by atoms with Crippen LogP contribution in [0.25, 0.3) is 0 Å². The quantitative estimate of drug-likeness (QED) is 0.688. The van der Waals surface area contributed by atoms with Crippen molar-refractivity contribution in [1.29, 1.82) is 0 Å². The van der Waals surface area contributed by atoms with Gasteiger partial charge < -0.3 is 5.32 Å². The van der Waals surface area contributed by atoms with Gasteiger partial charge in [-0.1, -0.05) is 32.4 Å². The van der Waals surface area contributed by atoms with Gasteiger partial charge >= 0.3 is 0 Å². The summed E-state index contributed by atoms with van der Waals surface area (Å²) in [6.07, 6.45) is 4.25. The van der Waals surface area contributed by atoms with Crippen LogP contribution in [0.1, 0.15) is 46.5 Å². The minimum atomic E-state index is 0.126. The molecule has 116 valence electrons. The summed E-state index contributed by atoms with van der Waals surface area (Å²) in [6.45, 7) is 6.88. The molecule has 1 aliphatic rings. The van der Waals surface area contributed by atoms with Crippen molar-refractivity contribution in [1.82, 2.24) is 0 Å². The second-order valence-electron chi connectivity index (χ2n) is 7.03.